The van der Waals surface area contributed by atoms with E-state index >= 15 is 0 Å². The highest BCUT2D eigenvalue weighted by atomic mass is 127. The summed E-state index contributed by atoms with van der Waals surface area (Å²) in [5, 5.41) is 9.11. The minimum Gasteiger partial charge on any atom is -0.376 e. The Balaban J connectivity index is 0.00000385. The zero-order chi connectivity index (χ0) is 23.0. The van der Waals surface area contributed by atoms with Gasteiger partial charge in [-0.3, -0.25) is 9.79 Å². The van der Waals surface area contributed by atoms with Gasteiger partial charge in [-0.15, -0.1) is 24.0 Å². The van der Waals surface area contributed by atoms with Crippen LogP contribution in [-0.4, -0.2) is 38.2 Å². The number of nitrogens with one attached hydrogen (secondary N) is 3. The molecular weight excluding hydrogens is 548 g/mol. The van der Waals surface area contributed by atoms with Crippen molar-refractivity contribution >= 4 is 35.8 Å². The molecule has 0 spiro atoms. The molecule has 1 heterocycles. The maximum Gasteiger partial charge on any atom is 0.416 e. The number of amides is 1. The molecule has 10 heteroatoms. The molecule has 2 aromatic carbocycles. The maximum atomic E-state index is 12.7. The fraction of sp³-hybridized carbons (Fsp3) is 0.391. The first-order valence-corrected chi connectivity index (χ1v) is 10.4. The molecule has 1 saturated heterocycles. The lowest BCUT2D eigenvalue weighted by molar-refractivity contribution is -0.137. The minimum atomic E-state index is -4.35. The Morgan fingerprint density at radius 3 is 2.36 bits per heavy atom. The molecule has 0 aromatic heterocycles. The summed E-state index contributed by atoms with van der Waals surface area (Å²) in [5.74, 6) is 0.352. The van der Waals surface area contributed by atoms with Crippen LogP contribution in [-0.2, 0) is 24.0 Å². The third kappa shape index (κ3) is 8.50. The molecule has 2 aromatic rings. The highest BCUT2D eigenvalue weighted by Gasteiger charge is 2.29. The number of halogens is 4. The number of guanidine groups is 1. The van der Waals surface area contributed by atoms with Crippen molar-refractivity contribution in [3.63, 3.8) is 0 Å². The summed E-state index contributed by atoms with van der Waals surface area (Å²) < 4.78 is 43.5. The summed E-state index contributed by atoms with van der Waals surface area (Å²) in [7, 11) is 1.61. The number of carbonyl (C=O) groups is 1. The van der Waals surface area contributed by atoms with E-state index in [0.29, 0.717) is 36.7 Å². The van der Waals surface area contributed by atoms with Crippen LogP contribution in [0.4, 0.5) is 13.2 Å². The van der Waals surface area contributed by atoms with Crippen LogP contribution >= 0.6 is 24.0 Å². The van der Waals surface area contributed by atoms with Crippen LogP contribution in [0.1, 0.15) is 39.9 Å². The lowest BCUT2D eigenvalue weighted by atomic mass is 10.1. The van der Waals surface area contributed by atoms with Gasteiger partial charge >= 0.3 is 6.18 Å². The molecular formula is C23H28F3IN4O2. The van der Waals surface area contributed by atoms with E-state index in [4.69, 9.17) is 4.74 Å². The number of hydrogen-bond donors (Lipinski definition) is 3. The van der Waals surface area contributed by atoms with Crippen molar-refractivity contribution in [1.29, 1.82) is 0 Å². The van der Waals surface area contributed by atoms with E-state index in [2.05, 4.69) is 20.9 Å². The second-order valence-corrected chi connectivity index (χ2v) is 7.52. The average Bonchev–Trinajstić information content (AvgIpc) is 3.31. The zero-order valence-electron chi connectivity index (χ0n) is 18.2. The van der Waals surface area contributed by atoms with Gasteiger partial charge in [-0.1, -0.05) is 24.3 Å². The molecule has 1 aliphatic heterocycles. The lowest BCUT2D eigenvalue weighted by Crippen LogP contribution is -2.36. The van der Waals surface area contributed by atoms with Gasteiger partial charge in [-0.25, -0.2) is 0 Å². The Labute approximate surface area is 208 Å². The summed E-state index contributed by atoms with van der Waals surface area (Å²) >= 11 is 0. The van der Waals surface area contributed by atoms with E-state index in [9.17, 15) is 18.0 Å². The Morgan fingerprint density at radius 1 is 1.06 bits per heavy atom. The second kappa shape index (κ2) is 12.8. The van der Waals surface area contributed by atoms with Crippen molar-refractivity contribution in [2.75, 3.05) is 20.2 Å². The van der Waals surface area contributed by atoms with E-state index in [0.717, 1.165) is 37.1 Å². The SMILES string of the molecule is CN=C(NCc1ccc(C(F)(F)F)cc1)NCc1cccc(C(=O)NCC2CCCO2)c1.I. The summed E-state index contributed by atoms with van der Waals surface area (Å²) in [6.07, 6.45) is -2.28. The molecule has 1 unspecified atom stereocenters. The molecule has 0 saturated carbocycles. The van der Waals surface area contributed by atoms with Crippen LogP contribution in [0.5, 0.6) is 0 Å². The maximum absolute atomic E-state index is 12.7. The minimum absolute atomic E-state index is 0. The Kier molecular flexibility index (Phi) is 10.4. The van der Waals surface area contributed by atoms with E-state index in [-0.39, 0.29) is 36.0 Å². The van der Waals surface area contributed by atoms with Gasteiger partial charge in [-0.2, -0.15) is 13.2 Å². The molecule has 0 bridgehead atoms. The van der Waals surface area contributed by atoms with Crippen LogP contribution in [0.25, 0.3) is 0 Å². The highest BCUT2D eigenvalue weighted by Crippen LogP contribution is 2.29. The van der Waals surface area contributed by atoms with Crippen LogP contribution < -0.4 is 16.0 Å². The molecule has 3 N–H and O–H groups in total. The summed E-state index contributed by atoms with van der Waals surface area (Å²) in [6.45, 7) is 2.00. The van der Waals surface area contributed by atoms with Gasteiger partial charge in [0.05, 0.1) is 11.7 Å². The van der Waals surface area contributed by atoms with Crippen LogP contribution in [0, 0.1) is 0 Å². The van der Waals surface area contributed by atoms with E-state index in [1.807, 2.05) is 12.1 Å². The predicted octanol–water partition coefficient (Wildman–Crippen LogP) is 4.10. The molecule has 1 aliphatic rings. The zero-order valence-corrected chi connectivity index (χ0v) is 20.6. The Hall–Kier alpha value is -2.34. The largest absolute Gasteiger partial charge is 0.416 e. The van der Waals surface area contributed by atoms with Crippen LogP contribution in [0.2, 0.25) is 0 Å². The molecule has 0 aliphatic carbocycles. The molecule has 1 fully saturated rings. The van der Waals surface area contributed by atoms with Crippen molar-refractivity contribution in [3.8, 4) is 0 Å². The summed E-state index contributed by atoms with van der Waals surface area (Å²) in [4.78, 5) is 16.5. The number of aliphatic imine (C=N–C) groups is 1. The van der Waals surface area contributed by atoms with E-state index in [1.165, 1.54) is 12.1 Å². The first kappa shape index (κ1) is 26.9. The number of carbonyl (C=O) groups excluding carboxylic acids is 1. The number of hydrogen-bond acceptors (Lipinski definition) is 3. The van der Waals surface area contributed by atoms with Crippen LogP contribution in [0.15, 0.2) is 53.5 Å². The van der Waals surface area contributed by atoms with Crippen molar-refractivity contribution < 1.29 is 22.7 Å². The monoisotopic (exact) mass is 576 g/mol. The standard InChI is InChI=1S/C23H27F3N4O2.HI/c1-27-22(29-13-16-7-9-19(10-8-16)23(24,25)26)30-14-17-4-2-5-18(12-17)21(31)28-15-20-6-3-11-32-20;/h2,4-5,7-10,12,20H,3,6,11,13-15H2,1H3,(H,28,31)(H2,27,29,30);1H. The number of nitrogens with zero attached hydrogens (tertiary/aromatic N) is 1. The highest BCUT2D eigenvalue weighted by molar-refractivity contribution is 14.0. The Morgan fingerprint density at radius 2 is 1.76 bits per heavy atom. The van der Waals surface area contributed by atoms with Crippen molar-refractivity contribution in [1.82, 2.24) is 16.0 Å². The van der Waals surface area contributed by atoms with Gasteiger partial charge in [0.2, 0.25) is 0 Å². The number of benzene rings is 2. The number of alkyl halides is 3. The molecule has 1 atom stereocenters. The van der Waals surface area contributed by atoms with Crippen molar-refractivity contribution in [3.05, 3.63) is 70.8 Å². The molecule has 180 valence electrons. The molecule has 3 rings (SSSR count). The fourth-order valence-electron chi connectivity index (χ4n) is 3.34. The normalized spacial score (nSPS) is 16.1. The van der Waals surface area contributed by atoms with Gasteiger partial charge in [0.15, 0.2) is 5.96 Å². The predicted molar refractivity (Wildman–Crippen MR) is 132 cm³/mol. The van der Waals surface area contributed by atoms with Crippen molar-refractivity contribution in [2.45, 2.75) is 38.2 Å². The first-order valence-electron chi connectivity index (χ1n) is 10.4. The van der Waals surface area contributed by atoms with Crippen LogP contribution in [0.3, 0.4) is 0 Å². The van der Waals surface area contributed by atoms with E-state index < -0.39 is 11.7 Å². The first-order chi connectivity index (χ1) is 15.3. The quantitative estimate of drug-likeness (QED) is 0.264. The molecule has 1 amide bonds. The molecule has 6 nitrogen and oxygen atoms in total. The van der Waals surface area contributed by atoms with Gasteiger partial charge in [0.25, 0.3) is 5.91 Å². The van der Waals surface area contributed by atoms with Gasteiger partial charge in [0.1, 0.15) is 0 Å². The average molecular weight is 576 g/mol. The van der Waals surface area contributed by atoms with Gasteiger partial charge in [-0.05, 0) is 48.2 Å². The second-order valence-electron chi connectivity index (χ2n) is 7.52. The Bertz CT molecular complexity index is 930. The third-order valence-electron chi connectivity index (χ3n) is 5.13. The molecule has 0 radical (unpaired) electrons. The van der Waals surface area contributed by atoms with Gasteiger partial charge in [0, 0.05) is 38.9 Å². The lowest BCUT2D eigenvalue weighted by Gasteiger charge is -2.14. The smallest absolute Gasteiger partial charge is 0.376 e. The van der Waals surface area contributed by atoms with Crippen molar-refractivity contribution in [2.24, 2.45) is 4.99 Å². The van der Waals surface area contributed by atoms with Gasteiger partial charge < -0.3 is 20.7 Å². The number of rotatable bonds is 7. The topological polar surface area (TPSA) is 74.8 Å². The number of ether oxygens (including phenoxy) is 1. The molecule has 33 heavy (non-hydrogen) atoms. The summed E-state index contributed by atoms with van der Waals surface area (Å²) in [6, 6.07) is 12.3. The third-order valence-corrected chi connectivity index (χ3v) is 5.13. The fourth-order valence-corrected chi connectivity index (χ4v) is 3.34. The van der Waals surface area contributed by atoms with E-state index in [1.54, 1.807) is 19.2 Å². The summed E-state index contributed by atoms with van der Waals surface area (Å²) in [5.41, 5.74) is 1.48.